The number of ether oxygens (including phenoxy) is 1. The second-order valence-electron chi connectivity index (χ2n) is 17.0. The fourth-order valence-corrected chi connectivity index (χ4v) is 10.7. The van der Waals surface area contributed by atoms with Gasteiger partial charge in [-0.25, -0.2) is 27.2 Å². The molecule has 15 heteroatoms. The van der Waals surface area contributed by atoms with E-state index in [1.54, 1.807) is 48.5 Å². The van der Waals surface area contributed by atoms with Gasteiger partial charge in [-0.15, -0.1) is 0 Å². The maximum Gasteiger partial charge on any atom is 0.407 e. The highest BCUT2D eigenvalue weighted by Crippen LogP contribution is 2.43. The molecule has 5 heterocycles. The summed E-state index contributed by atoms with van der Waals surface area (Å²) in [5.41, 5.74) is 9.91. The Kier molecular flexibility index (Phi) is 10.5. The van der Waals surface area contributed by atoms with Crippen molar-refractivity contribution in [3.05, 3.63) is 118 Å². The van der Waals surface area contributed by atoms with Gasteiger partial charge in [0.15, 0.2) is 0 Å². The lowest BCUT2D eigenvalue weighted by molar-refractivity contribution is -0.0258. The fourth-order valence-electron chi connectivity index (χ4n) is 9.34. The molecule has 3 aliphatic rings. The Morgan fingerprint density at radius 1 is 0.918 bits per heavy atom. The van der Waals surface area contributed by atoms with E-state index in [9.17, 15) is 23.1 Å². The Bertz CT molecular complexity index is 2800. The summed E-state index contributed by atoms with van der Waals surface area (Å²) < 4.78 is 37.5. The minimum absolute atomic E-state index is 0.0145. The number of amides is 1. The first kappa shape index (κ1) is 40.8. The van der Waals surface area contributed by atoms with Gasteiger partial charge in [0.25, 0.3) is 15.6 Å². The van der Waals surface area contributed by atoms with Crippen LogP contribution in [0, 0.1) is 6.92 Å². The van der Waals surface area contributed by atoms with Crippen LogP contribution in [-0.2, 0) is 27.4 Å². The Hall–Kier alpha value is -5.61. The summed E-state index contributed by atoms with van der Waals surface area (Å²) in [5, 5.41) is 11.0. The molecular weight excluding hydrogens is 793 g/mol. The minimum Gasteiger partial charge on any atom is -0.465 e. The van der Waals surface area contributed by atoms with E-state index in [4.69, 9.17) is 20.4 Å². The normalized spacial score (nSPS) is 20.3. The second-order valence-corrected chi connectivity index (χ2v) is 18.8. The summed E-state index contributed by atoms with van der Waals surface area (Å²) in [7, 11) is -2.46. The van der Waals surface area contributed by atoms with Crippen LogP contribution >= 0.6 is 0 Å². The van der Waals surface area contributed by atoms with E-state index in [2.05, 4.69) is 16.7 Å². The molecule has 0 radical (unpaired) electrons. The number of carboxylic acid groups (broad SMARTS) is 1. The summed E-state index contributed by atoms with van der Waals surface area (Å²) >= 11 is 0. The predicted octanol–water partition coefficient (Wildman–Crippen LogP) is 5.92. The van der Waals surface area contributed by atoms with Crippen molar-refractivity contribution >= 4 is 43.9 Å². The molecule has 14 nitrogen and oxygen atoms in total. The molecule has 1 aliphatic carbocycles. The van der Waals surface area contributed by atoms with Crippen molar-refractivity contribution in [3.63, 3.8) is 0 Å². The summed E-state index contributed by atoms with van der Waals surface area (Å²) in [6.45, 7) is 8.72. The van der Waals surface area contributed by atoms with Crippen LogP contribution in [0.2, 0.25) is 0 Å². The SMILES string of the molecule is Cc1ccc(S(=O)(=O)n2ccc3c(-c4ccc5nc(N6CCC(N7C[C@@H](C)N(C(=O)O)C[C@@H]7C)CC6)nc([C@@](CN)(OC6CC6)c6ccccc6)c5c4)cn(C)c(=O)c32)cc1. The average Bonchev–Trinajstić information content (AvgIpc) is 3.97. The molecule has 61 heavy (non-hydrogen) atoms. The zero-order valence-electron chi connectivity index (χ0n) is 34.9. The summed E-state index contributed by atoms with van der Waals surface area (Å²) in [6.07, 6.45) is 5.92. The zero-order valence-corrected chi connectivity index (χ0v) is 35.8. The van der Waals surface area contributed by atoms with Gasteiger partial charge in [-0.2, -0.15) is 0 Å². The number of benzene rings is 3. The van der Waals surface area contributed by atoms with Crippen LogP contribution in [0.25, 0.3) is 32.9 Å². The van der Waals surface area contributed by atoms with Crippen LogP contribution in [-0.4, -0.2) is 105 Å². The summed E-state index contributed by atoms with van der Waals surface area (Å²) in [4.78, 5) is 42.6. The van der Waals surface area contributed by atoms with Gasteiger partial charge < -0.3 is 29.9 Å². The predicted molar refractivity (Wildman–Crippen MR) is 235 cm³/mol. The number of carbonyl (C=O) groups is 1. The summed E-state index contributed by atoms with van der Waals surface area (Å²) in [6, 6.07) is 24.5. The van der Waals surface area contributed by atoms with E-state index in [1.165, 1.54) is 10.8 Å². The van der Waals surface area contributed by atoms with Gasteiger partial charge in [-0.3, -0.25) is 9.69 Å². The van der Waals surface area contributed by atoms with E-state index in [0.29, 0.717) is 47.2 Å². The van der Waals surface area contributed by atoms with E-state index in [1.807, 2.05) is 62.4 Å². The van der Waals surface area contributed by atoms with Gasteiger partial charge in [0.1, 0.15) is 11.1 Å². The monoisotopic (exact) mass is 844 g/mol. The molecule has 3 aromatic carbocycles. The van der Waals surface area contributed by atoms with Gasteiger partial charge >= 0.3 is 6.09 Å². The van der Waals surface area contributed by atoms with Gasteiger partial charge in [0, 0.05) is 86.6 Å². The lowest BCUT2D eigenvalue weighted by Crippen LogP contribution is -2.61. The van der Waals surface area contributed by atoms with Crippen molar-refractivity contribution in [2.75, 3.05) is 37.6 Å². The number of aromatic nitrogens is 4. The standard InChI is InChI=1S/C46H52N8O6S/c1-29-10-15-36(16-11-29)61(58,59)54-23-20-37-39(27-50(4)43(55)41(37)54)32-12-17-40-38(24-32)42(46(28-47,60-35-13-14-35)33-8-6-5-7-9-33)49-44(48-40)51-21-18-34(19-22-51)52-25-31(3)53(45(56)57)26-30(52)2/h5-12,15-17,20,23-24,27,30-31,34-35H,13-14,18-19,21-22,25-26,28,47H2,1-4H3,(H,56,57)/t30-,31+,46-/m0/s1. The molecule has 3 aromatic heterocycles. The number of hydrogen-bond acceptors (Lipinski definition) is 10. The van der Waals surface area contributed by atoms with Crippen molar-refractivity contribution in [1.82, 2.24) is 28.3 Å². The topological polar surface area (TPSA) is 169 Å². The molecule has 2 aliphatic heterocycles. The third-order valence-corrected chi connectivity index (χ3v) is 14.5. The Balaban J connectivity index is 1.15. The van der Waals surface area contributed by atoms with Crippen LogP contribution in [0.4, 0.5) is 10.7 Å². The number of piperazine rings is 1. The third kappa shape index (κ3) is 7.26. The molecule has 1 amide bonds. The molecule has 6 aromatic rings. The molecule has 9 rings (SSSR count). The van der Waals surface area contributed by atoms with E-state index in [-0.39, 0.29) is 35.1 Å². The fraction of sp³-hybridized carbons (Fsp3) is 0.391. The van der Waals surface area contributed by atoms with Crippen LogP contribution in [0.1, 0.15) is 56.4 Å². The van der Waals surface area contributed by atoms with Crippen LogP contribution in [0.3, 0.4) is 0 Å². The largest absolute Gasteiger partial charge is 0.465 e. The molecule has 1 saturated carbocycles. The minimum atomic E-state index is -4.09. The molecule has 0 unspecified atom stereocenters. The van der Waals surface area contributed by atoms with E-state index < -0.39 is 27.3 Å². The first-order valence-corrected chi connectivity index (χ1v) is 22.5. The summed E-state index contributed by atoms with van der Waals surface area (Å²) in [5.74, 6) is 0.585. The van der Waals surface area contributed by atoms with Crippen molar-refractivity contribution in [2.24, 2.45) is 12.8 Å². The lowest BCUT2D eigenvalue weighted by Gasteiger charge is -2.48. The number of rotatable bonds is 10. The Labute approximate surface area is 355 Å². The highest BCUT2D eigenvalue weighted by molar-refractivity contribution is 7.90. The number of piperidine rings is 1. The number of nitrogens with zero attached hydrogens (tertiary/aromatic N) is 7. The first-order chi connectivity index (χ1) is 29.3. The van der Waals surface area contributed by atoms with Crippen molar-refractivity contribution < 1.29 is 23.1 Å². The highest BCUT2D eigenvalue weighted by Gasteiger charge is 2.44. The molecule has 2 saturated heterocycles. The van der Waals surface area contributed by atoms with E-state index in [0.717, 1.165) is 64.8 Å². The van der Waals surface area contributed by atoms with Crippen LogP contribution in [0.5, 0.6) is 0 Å². The van der Waals surface area contributed by atoms with Crippen molar-refractivity contribution in [1.29, 1.82) is 0 Å². The maximum absolute atomic E-state index is 14.0. The molecule has 3 N–H and O–H groups in total. The van der Waals surface area contributed by atoms with Gasteiger partial charge in [-0.05, 0) is 87.9 Å². The molecular formula is C46H52N8O6S. The number of pyridine rings is 1. The number of hydrogen-bond donors (Lipinski definition) is 2. The van der Waals surface area contributed by atoms with Gasteiger partial charge in [-0.1, -0.05) is 54.1 Å². The van der Waals surface area contributed by atoms with Crippen molar-refractivity contribution in [3.8, 4) is 11.1 Å². The average molecular weight is 845 g/mol. The van der Waals surface area contributed by atoms with E-state index >= 15 is 0 Å². The lowest BCUT2D eigenvalue weighted by atomic mass is 9.86. The Morgan fingerprint density at radius 2 is 1.64 bits per heavy atom. The molecule has 3 atom stereocenters. The number of anilines is 1. The number of fused-ring (bicyclic) bond motifs is 2. The van der Waals surface area contributed by atoms with Gasteiger partial charge in [0.05, 0.1) is 22.2 Å². The molecule has 3 fully saturated rings. The second kappa shape index (κ2) is 15.7. The smallest absolute Gasteiger partial charge is 0.407 e. The number of aryl methyl sites for hydroxylation is 2. The van der Waals surface area contributed by atoms with Crippen LogP contribution in [0.15, 0.2) is 101 Å². The van der Waals surface area contributed by atoms with Crippen LogP contribution < -0.4 is 16.2 Å². The molecule has 0 bridgehead atoms. The first-order valence-electron chi connectivity index (χ1n) is 21.1. The molecule has 318 valence electrons. The van der Waals surface area contributed by atoms with Gasteiger partial charge in [0.2, 0.25) is 5.95 Å². The maximum atomic E-state index is 14.0. The Morgan fingerprint density at radius 3 is 2.31 bits per heavy atom. The quantitative estimate of drug-likeness (QED) is 0.168. The highest BCUT2D eigenvalue weighted by atomic mass is 32.2. The zero-order chi connectivity index (χ0) is 42.8. The number of nitrogens with two attached hydrogens (primary N) is 1. The third-order valence-electron chi connectivity index (χ3n) is 12.9. The molecule has 0 spiro atoms. The van der Waals surface area contributed by atoms with Crippen molar-refractivity contribution in [2.45, 2.75) is 81.2 Å².